The Balaban J connectivity index is 2.10. The zero-order valence-electron chi connectivity index (χ0n) is 10.5. The van der Waals surface area contributed by atoms with Gasteiger partial charge in [0.1, 0.15) is 0 Å². The van der Waals surface area contributed by atoms with Crippen LogP contribution in [-0.2, 0) is 0 Å². The van der Waals surface area contributed by atoms with Crippen molar-refractivity contribution in [2.45, 2.75) is 19.8 Å². The first-order valence-corrected chi connectivity index (χ1v) is 7.07. The van der Waals surface area contributed by atoms with Gasteiger partial charge in [-0.25, -0.2) is 0 Å². The maximum atomic E-state index is 12.4. The molecule has 1 N–H and O–H groups in total. The lowest BCUT2D eigenvalue weighted by molar-refractivity contribution is 0.0784. The first-order valence-electron chi connectivity index (χ1n) is 6.28. The number of aliphatic hydroxyl groups excluding tert-OH is 1. The van der Waals surface area contributed by atoms with Crippen LogP contribution >= 0.6 is 15.9 Å². The number of carbonyl (C=O) groups is 1. The monoisotopic (exact) mass is 311 g/mol. The van der Waals surface area contributed by atoms with Crippen molar-refractivity contribution in [2.75, 3.05) is 19.7 Å². The summed E-state index contributed by atoms with van der Waals surface area (Å²) < 4.78 is 0.933. The van der Waals surface area contributed by atoms with Crippen molar-refractivity contribution >= 4 is 21.8 Å². The van der Waals surface area contributed by atoms with Gasteiger partial charge in [-0.15, -0.1) is 0 Å². The maximum Gasteiger partial charge on any atom is 0.254 e. The normalized spacial score (nSPS) is 19.3. The average molecular weight is 312 g/mol. The summed E-state index contributed by atoms with van der Waals surface area (Å²) in [5.74, 6) is 0.556. The van der Waals surface area contributed by atoms with E-state index in [0.717, 1.165) is 41.5 Å². The Labute approximate surface area is 116 Å². The highest BCUT2D eigenvalue weighted by molar-refractivity contribution is 9.10. The predicted octanol–water partition coefficient (Wildman–Crippen LogP) is 2.60. The third kappa shape index (κ3) is 2.93. The highest BCUT2D eigenvalue weighted by atomic mass is 79.9. The van der Waals surface area contributed by atoms with Crippen LogP contribution in [0, 0.1) is 12.8 Å². The third-order valence-corrected chi connectivity index (χ3v) is 4.03. The van der Waals surface area contributed by atoms with E-state index in [1.807, 2.05) is 30.0 Å². The first-order chi connectivity index (χ1) is 8.61. The zero-order chi connectivity index (χ0) is 13.1. The molecule has 1 heterocycles. The number of aryl methyl sites for hydroxylation is 1. The van der Waals surface area contributed by atoms with E-state index in [9.17, 15) is 4.79 Å². The quantitative estimate of drug-likeness (QED) is 0.932. The van der Waals surface area contributed by atoms with E-state index in [-0.39, 0.29) is 12.5 Å². The van der Waals surface area contributed by atoms with E-state index in [1.165, 1.54) is 0 Å². The second kappa shape index (κ2) is 5.85. The van der Waals surface area contributed by atoms with Crippen LogP contribution in [0.1, 0.15) is 28.8 Å². The van der Waals surface area contributed by atoms with Crippen LogP contribution in [-0.4, -0.2) is 35.6 Å². The number of aliphatic hydroxyl groups is 1. The predicted molar refractivity (Wildman–Crippen MR) is 74.6 cm³/mol. The number of hydrogen-bond donors (Lipinski definition) is 1. The number of nitrogens with zero attached hydrogens (tertiary/aromatic N) is 1. The molecule has 4 heteroatoms. The number of likely N-dealkylation sites (tertiary alicyclic amines) is 1. The minimum Gasteiger partial charge on any atom is -0.396 e. The molecule has 1 aromatic rings. The number of amides is 1. The van der Waals surface area contributed by atoms with Gasteiger partial charge in [-0.2, -0.15) is 0 Å². The summed E-state index contributed by atoms with van der Waals surface area (Å²) >= 11 is 3.41. The zero-order valence-corrected chi connectivity index (χ0v) is 12.1. The molecule has 0 aromatic heterocycles. The molecule has 2 rings (SSSR count). The Morgan fingerprint density at radius 1 is 1.56 bits per heavy atom. The van der Waals surface area contributed by atoms with E-state index in [1.54, 1.807) is 0 Å². The molecule has 1 unspecified atom stereocenters. The summed E-state index contributed by atoms with van der Waals surface area (Å²) in [4.78, 5) is 14.3. The van der Waals surface area contributed by atoms with E-state index in [4.69, 9.17) is 5.11 Å². The second-order valence-electron chi connectivity index (χ2n) is 4.88. The minimum atomic E-state index is 0.106. The molecule has 1 aliphatic rings. The summed E-state index contributed by atoms with van der Waals surface area (Å²) in [5, 5.41) is 8.94. The summed E-state index contributed by atoms with van der Waals surface area (Å²) in [6.45, 7) is 3.74. The van der Waals surface area contributed by atoms with Crippen molar-refractivity contribution < 1.29 is 9.90 Å². The molecular weight excluding hydrogens is 294 g/mol. The average Bonchev–Trinajstić information content (AvgIpc) is 2.80. The number of rotatable bonds is 3. The van der Waals surface area contributed by atoms with Crippen LogP contribution < -0.4 is 0 Å². The molecule has 0 radical (unpaired) electrons. The molecule has 18 heavy (non-hydrogen) atoms. The molecule has 1 amide bonds. The molecule has 1 fully saturated rings. The third-order valence-electron chi connectivity index (χ3n) is 3.54. The molecule has 98 valence electrons. The number of benzene rings is 1. The fourth-order valence-corrected chi connectivity index (χ4v) is 2.79. The van der Waals surface area contributed by atoms with Crippen molar-refractivity contribution in [3.63, 3.8) is 0 Å². The van der Waals surface area contributed by atoms with Crippen molar-refractivity contribution in [1.29, 1.82) is 0 Å². The number of carbonyl (C=O) groups excluding carboxylic acids is 1. The fraction of sp³-hybridized carbons (Fsp3) is 0.500. The molecule has 1 aromatic carbocycles. The van der Waals surface area contributed by atoms with Gasteiger partial charge in [-0.05, 0) is 43.4 Å². The van der Waals surface area contributed by atoms with E-state index in [2.05, 4.69) is 15.9 Å². The van der Waals surface area contributed by atoms with E-state index < -0.39 is 0 Å². The Morgan fingerprint density at radius 3 is 3.06 bits per heavy atom. The Bertz CT molecular complexity index is 447. The van der Waals surface area contributed by atoms with Crippen molar-refractivity contribution in [2.24, 2.45) is 5.92 Å². The molecule has 0 saturated carbocycles. The molecule has 1 saturated heterocycles. The standard InChI is InChI=1S/C14H18BrNO2/c1-10-2-3-12(15)8-13(10)14(18)16-6-4-11(9-16)5-7-17/h2-3,8,11,17H,4-7,9H2,1H3. The lowest BCUT2D eigenvalue weighted by atomic mass is 10.1. The SMILES string of the molecule is Cc1ccc(Br)cc1C(=O)N1CCC(CCO)C1. The highest BCUT2D eigenvalue weighted by Crippen LogP contribution is 2.23. The van der Waals surface area contributed by atoms with Gasteiger partial charge in [0.2, 0.25) is 0 Å². The minimum absolute atomic E-state index is 0.106. The molecule has 0 aliphatic carbocycles. The summed E-state index contributed by atoms with van der Waals surface area (Å²) in [7, 11) is 0. The van der Waals surface area contributed by atoms with E-state index >= 15 is 0 Å². The molecular formula is C14H18BrNO2. The van der Waals surface area contributed by atoms with Gasteiger partial charge >= 0.3 is 0 Å². The van der Waals surface area contributed by atoms with Gasteiger partial charge in [0.25, 0.3) is 5.91 Å². The largest absolute Gasteiger partial charge is 0.396 e. The Kier molecular flexibility index (Phi) is 4.40. The van der Waals surface area contributed by atoms with E-state index in [0.29, 0.717) is 5.92 Å². The maximum absolute atomic E-state index is 12.4. The van der Waals surface area contributed by atoms with Gasteiger partial charge in [-0.3, -0.25) is 4.79 Å². The van der Waals surface area contributed by atoms with Crippen molar-refractivity contribution in [1.82, 2.24) is 4.90 Å². The van der Waals surface area contributed by atoms with Crippen LogP contribution in [0.15, 0.2) is 22.7 Å². The van der Waals surface area contributed by atoms with Crippen molar-refractivity contribution in [3.8, 4) is 0 Å². The van der Waals surface area contributed by atoms with Crippen LogP contribution in [0.3, 0.4) is 0 Å². The van der Waals surface area contributed by atoms with Gasteiger partial charge in [0.15, 0.2) is 0 Å². The molecule has 1 aliphatic heterocycles. The fourth-order valence-electron chi connectivity index (χ4n) is 2.43. The van der Waals surface area contributed by atoms with Gasteiger partial charge in [-0.1, -0.05) is 22.0 Å². The number of halogens is 1. The first kappa shape index (κ1) is 13.6. The lowest BCUT2D eigenvalue weighted by Gasteiger charge is -2.18. The molecule has 1 atom stereocenters. The smallest absolute Gasteiger partial charge is 0.254 e. The number of hydrogen-bond acceptors (Lipinski definition) is 2. The topological polar surface area (TPSA) is 40.5 Å². The second-order valence-corrected chi connectivity index (χ2v) is 5.79. The summed E-state index contributed by atoms with van der Waals surface area (Å²) in [6, 6.07) is 5.79. The van der Waals surface area contributed by atoms with Crippen LogP contribution in [0.5, 0.6) is 0 Å². The molecule has 0 bridgehead atoms. The van der Waals surface area contributed by atoms with Crippen molar-refractivity contribution in [3.05, 3.63) is 33.8 Å². The highest BCUT2D eigenvalue weighted by Gasteiger charge is 2.27. The van der Waals surface area contributed by atoms with Gasteiger partial charge < -0.3 is 10.0 Å². The van der Waals surface area contributed by atoms with Gasteiger partial charge in [0.05, 0.1) is 0 Å². The van der Waals surface area contributed by atoms with Gasteiger partial charge in [0, 0.05) is 29.7 Å². The Hall–Kier alpha value is -0.870. The molecule has 0 spiro atoms. The lowest BCUT2D eigenvalue weighted by Crippen LogP contribution is -2.29. The summed E-state index contributed by atoms with van der Waals surface area (Å²) in [6.07, 6.45) is 1.79. The summed E-state index contributed by atoms with van der Waals surface area (Å²) in [5.41, 5.74) is 1.78. The van der Waals surface area contributed by atoms with Crippen LogP contribution in [0.25, 0.3) is 0 Å². The Morgan fingerprint density at radius 2 is 2.33 bits per heavy atom. The van der Waals surface area contributed by atoms with Crippen LogP contribution in [0.2, 0.25) is 0 Å². The van der Waals surface area contributed by atoms with Crippen LogP contribution in [0.4, 0.5) is 0 Å². The molecule has 3 nitrogen and oxygen atoms in total.